The third kappa shape index (κ3) is 3.22. The topological polar surface area (TPSA) is 69.1 Å². The Balaban J connectivity index is 1.58. The van der Waals surface area contributed by atoms with E-state index in [1.807, 2.05) is 49.5 Å². The first-order chi connectivity index (χ1) is 14.0. The molecule has 7 heteroatoms. The van der Waals surface area contributed by atoms with E-state index in [1.165, 1.54) is 11.1 Å². The number of carbonyl (C=O) groups is 1. The summed E-state index contributed by atoms with van der Waals surface area (Å²) < 4.78 is 0. The molecule has 0 aliphatic carbocycles. The van der Waals surface area contributed by atoms with Crippen LogP contribution < -0.4 is 5.32 Å². The maximum atomic E-state index is 12.7. The first-order valence-corrected chi connectivity index (χ1v) is 9.22. The number of carbonyl (C=O) groups excluding carboxylic acids is 1. The Labute approximate surface area is 172 Å². The van der Waals surface area contributed by atoms with E-state index in [9.17, 15) is 4.79 Å². The Hall–Kier alpha value is -3.34. The van der Waals surface area contributed by atoms with Crippen LogP contribution >= 0.6 is 0 Å². The van der Waals surface area contributed by atoms with E-state index in [1.54, 1.807) is 18.3 Å². The summed E-state index contributed by atoms with van der Waals surface area (Å²) in [6, 6.07) is 17.2. The average Bonchev–Trinajstić information content (AvgIpc) is 2.94. The molecule has 0 fully saturated rings. The number of hydrogen-bond acceptors (Lipinski definition) is 4. The molecule has 0 atom stereocenters. The van der Waals surface area contributed by atoms with Crippen LogP contribution in [-0.4, -0.2) is 44.7 Å². The van der Waals surface area contributed by atoms with Crippen LogP contribution in [0, 0.1) is 5.41 Å². The molecular weight excluding hydrogens is 358 g/mol. The van der Waals surface area contributed by atoms with Gasteiger partial charge >= 0.3 is 0 Å². The second-order valence-electron chi connectivity index (χ2n) is 7.01. The van der Waals surface area contributed by atoms with E-state index in [0.717, 1.165) is 27.9 Å². The fraction of sp³-hybridized carbons (Fsp3) is 0.136. The van der Waals surface area contributed by atoms with Gasteiger partial charge in [-0.2, -0.15) is 0 Å². The van der Waals surface area contributed by atoms with Crippen molar-refractivity contribution in [2.24, 2.45) is 0 Å². The zero-order chi connectivity index (χ0) is 20.6. The van der Waals surface area contributed by atoms with Crippen molar-refractivity contribution in [3.63, 3.8) is 0 Å². The minimum absolute atomic E-state index is 0.222. The van der Waals surface area contributed by atoms with Crippen LogP contribution in [0.2, 0.25) is 0 Å². The molecule has 4 radical (unpaired) electrons. The van der Waals surface area contributed by atoms with Crippen molar-refractivity contribution in [2.45, 2.75) is 11.9 Å². The normalized spacial score (nSPS) is 14.5. The number of nitrogens with zero attached hydrogens (tertiary/aromatic N) is 2. The largest absolute Gasteiger partial charge is 0.388 e. The molecule has 29 heavy (non-hydrogen) atoms. The van der Waals surface area contributed by atoms with E-state index in [4.69, 9.17) is 21.1 Å². The average molecular weight is 376 g/mol. The number of amides is 1. The van der Waals surface area contributed by atoms with Gasteiger partial charge in [0.1, 0.15) is 0 Å². The highest BCUT2D eigenvalue weighted by Crippen LogP contribution is 2.34. The second kappa shape index (κ2) is 7.24. The van der Waals surface area contributed by atoms with Crippen LogP contribution in [-0.2, 0) is 11.9 Å². The molecule has 0 spiro atoms. The van der Waals surface area contributed by atoms with Crippen LogP contribution in [0.1, 0.15) is 27.2 Å². The molecular formula is C22H18B2N4O. The van der Waals surface area contributed by atoms with Crippen molar-refractivity contribution in [1.82, 2.24) is 9.88 Å². The molecule has 4 rings (SSSR count). The predicted octanol–water partition coefficient (Wildman–Crippen LogP) is 2.89. The Bertz CT molecular complexity index is 1100. The van der Waals surface area contributed by atoms with Crippen LogP contribution in [0.5, 0.6) is 0 Å². The van der Waals surface area contributed by atoms with Crippen LogP contribution in [0.25, 0.3) is 11.1 Å². The molecule has 5 nitrogen and oxygen atoms in total. The molecule has 2 heterocycles. The zero-order valence-electron chi connectivity index (χ0n) is 16.0. The molecule has 0 bridgehead atoms. The SMILES string of the molecule is [B]C1([B])c2ncccc2C(=O)N1Cc1ccc(-c2ccc(NC)c(C=N)c2)cc1. The Kier molecular flexibility index (Phi) is 4.74. The van der Waals surface area contributed by atoms with E-state index in [2.05, 4.69) is 10.3 Å². The fourth-order valence-corrected chi connectivity index (χ4v) is 3.62. The van der Waals surface area contributed by atoms with E-state index in [-0.39, 0.29) is 12.5 Å². The van der Waals surface area contributed by atoms with Crippen LogP contribution in [0.15, 0.2) is 60.8 Å². The molecule has 0 unspecified atom stereocenters. The quantitative estimate of drug-likeness (QED) is 0.532. The summed E-state index contributed by atoms with van der Waals surface area (Å²) in [7, 11) is 14.3. The molecule has 1 aliphatic heterocycles. The van der Waals surface area contributed by atoms with Gasteiger partial charge in [0.05, 0.1) is 26.9 Å². The van der Waals surface area contributed by atoms with Gasteiger partial charge in [0.25, 0.3) is 5.91 Å². The van der Waals surface area contributed by atoms with Crippen molar-refractivity contribution >= 4 is 33.5 Å². The number of benzene rings is 2. The lowest BCUT2D eigenvalue weighted by Crippen LogP contribution is -2.44. The van der Waals surface area contributed by atoms with E-state index >= 15 is 0 Å². The summed E-state index contributed by atoms with van der Waals surface area (Å²) in [5, 5.41) is 9.23. The third-order valence-electron chi connectivity index (χ3n) is 5.21. The Morgan fingerprint density at radius 3 is 2.52 bits per heavy atom. The number of aromatic nitrogens is 1. The number of nitrogens with one attached hydrogen (secondary N) is 2. The van der Waals surface area contributed by atoms with Gasteiger partial charge in [0, 0.05) is 42.6 Å². The van der Waals surface area contributed by atoms with Crippen molar-refractivity contribution in [3.8, 4) is 11.1 Å². The van der Waals surface area contributed by atoms with Crippen molar-refractivity contribution in [1.29, 1.82) is 5.41 Å². The second-order valence-corrected chi connectivity index (χ2v) is 7.01. The summed E-state index contributed by atoms with van der Waals surface area (Å²) in [5.74, 6) is -0.222. The van der Waals surface area contributed by atoms with Crippen molar-refractivity contribution in [3.05, 3.63) is 83.2 Å². The van der Waals surface area contributed by atoms with Gasteiger partial charge in [0.15, 0.2) is 0 Å². The lowest BCUT2D eigenvalue weighted by molar-refractivity contribution is 0.0731. The predicted molar refractivity (Wildman–Crippen MR) is 117 cm³/mol. The minimum atomic E-state index is -1.44. The van der Waals surface area contributed by atoms with Gasteiger partial charge in [-0.3, -0.25) is 9.78 Å². The van der Waals surface area contributed by atoms with Gasteiger partial charge < -0.3 is 15.6 Å². The number of rotatable bonds is 5. The third-order valence-corrected chi connectivity index (χ3v) is 5.21. The highest BCUT2D eigenvalue weighted by atomic mass is 16.2. The van der Waals surface area contributed by atoms with Crippen LogP contribution in [0.3, 0.4) is 0 Å². The van der Waals surface area contributed by atoms with Gasteiger partial charge in [-0.15, -0.1) is 0 Å². The molecule has 0 saturated carbocycles. The number of fused-ring (bicyclic) bond motifs is 1. The van der Waals surface area contributed by atoms with Crippen molar-refractivity contribution < 1.29 is 4.79 Å². The highest BCUT2D eigenvalue weighted by Gasteiger charge is 2.42. The Morgan fingerprint density at radius 2 is 1.86 bits per heavy atom. The van der Waals surface area contributed by atoms with E-state index < -0.39 is 5.34 Å². The maximum Gasteiger partial charge on any atom is 0.255 e. The first-order valence-electron chi connectivity index (χ1n) is 9.22. The van der Waals surface area contributed by atoms with E-state index in [0.29, 0.717) is 11.3 Å². The maximum absolute atomic E-state index is 12.7. The summed E-state index contributed by atoms with van der Waals surface area (Å²) in [6.07, 6.45) is 2.91. The van der Waals surface area contributed by atoms with Gasteiger partial charge in [0.2, 0.25) is 0 Å². The summed E-state index contributed by atoms with van der Waals surface area (Å²) in [4.78, 5) is 18.4. The summed E-state index contributed by atoms with van der Waals surface area (Å²) in [6.45, 7) is 0.285. The Morgan fingerprint density at radius 1 is 1.14 bits per heavy atom. The molecule has 2 N–H and O–H groups in total. The molecule has 1 aromatic heterocycles. The first kappa shape index (κ1) is 19.0. The summed E-state index contributed by atoms with van der Waals surface area (Å²) in [5.41, 5.74) is 5.50. The molecule has 0 saturated heterocycles. The molecule has 2 aromatic carbocycles. The number of pyridine rings is 1. The molecule has 1 amide bonds. The fourth-order valence-electron chi connectivity index (χ4n) is 3.62. The molecule has 138 valence electrons. The highest BCUT2D eigenvalue weighted by molar-refractivity contribution is 6.42. The van der Waals surface area contributed by atoms with Crippen LogP contribution in [0.4, 0.5) is 5.69 Å². The van der Waals surface area contributed by atoms with Crippen molar-refractivity contribution in [2.75, 3.05) is 12.4 Å². The minimum Gasteiger partial charge on any atom is -0.388 e. The zero-order valence-corrected chi connectivity index (χ0v) is 16.0. The standard InChI is InChI=1S/C22H18B2N4O/c1-26-19-9-8-16(11-17(19)12-25)15-6-4-14(5-7-15)13-28-21(29)18-3-2-10-27-20(18)22(28,23)24/h2-12,25-26H,13H2,1H3. The van der Waals surface area contributed by atoms with Gasteiger partial charge in [-0.05, 0) is 41.0 Å². The number of hydrogen-bond donors (Lipinski definition) is 2. The molecule has 1 aliphatic rings. The lowest BCUT2D eigenvalue weighted by atomic mass is 9.59. The molecule has 3 aromatic rings. The van der Waals surface area contributed by atoms with Gasteiger partial charge in [-0.1, -0.05) is 30.3 Å². The van der Waals surface area contributed by atoms with Gasteiger partial charge in [-0.25, -0.2) is 0 Å². The lowest BCUT2D eigenvalue weighted by Gasteiger charge is -2.33. The summed E-state index contributed by atoms with van der Waals surface area (Å²) >= 11 is 0. The number of anilines is 1. The smallest absolute Gasteiger partial charge is 0.255 e. The monoisotopic (exact) mass is 376 g/mol.